The molecule has 4 aromatic heterocycles. The number of para-hydroxylation sites is 2. The fraction of sp³-hybridized carbons (Fsp3) is 0.119. The van der Waals surface area contributed by atoms with Crippen LogP contribution in [0.4, 0.5) is 24.5 Å². The van der Waals surface area contributed by atoms with E-state index in [0.717, 1.165) is 5.69 Å². The Morgan fingerprint density at radius 2 is 0.966 bits per heavy atom. The van der Waals surface area contributed by atoms with Crippen molar-refractivity contribution < 1.29 is 37.1 Å². The maximum Gasteiger partial charge on any atom is 0.471 e. The summed E-state index contributed by atoms with van der Waals surface area (Å²) in [6.45, 7) is -0.500. The van der Waals surface area contributed by atoms with E-state index in [2.05, 4.69) is 19.9 Å². The zero-order chi connectivity index (χ0) is 41.5. The molecule has 3 N–H and O–H groups in total. The molecule has 13 nitrogen and oxygen atoms in total. The first-order valence-corrected chi connectivity index (χ1v) is 17.5. The molecule has 4 heterocycles. The third kappa shape index (κ3) is 11.5. The second kappa shape index (κ2) is 19.9. The third-order valence-electron chi connectivity index (χ3n) is 8.27. The fourth-order valence-electron chi connectivity index (χ4n) is 5.25. The Kier molecular flexibility index (Phi) is 14.3. The van der Waals surface area contributed by atoms with Crippen molar-refractivity contribution >= 4 is 40.7 Å². The number of halogens is 3. The maximum atomic E-state index is 13.0. The van der Waals surface area contributed by atoms with Crippen molar-refractivity contribution in [2.75, 3.05) is 22.9 Å². The van der Waals surface area contributed by atoms with Crippen LogP contribution in [-0.4, -0.2) is 68.5 Å². The van der Waals surface area contributed by atoms with Gasteiger partial charge in [0.1, 0.15) is 0 Å². The Morgan fingerprint density at radius 3 is 1.33 bits per heavy atom. The van der Waals surface area contributed by atoms with E-state index in [4.69, 9.17) is 5.73 Å². The Labute approximate surface area is 330 Å². The molecular weight excluding hydrogens is 754 g/mol. The molecule has 0 fully saturated rings. The Hall–Kier alpha value is -7.46. The zero-order valence-electron chi connectivity index (χ0n) is 30.6. The monoisotopic (exact) mass is 788 g/mol. The number of amides is 3. The second-order valence-electron chi connectivity index (χ2n) is 12.2. The van der Waals surface area contributed by atoms with Crippen LogP contribution in [0.5, 0.6) is 0 Å². The molecule has 0 aliphatic heterocycles. The molecule has 6 aromatic rings. The van der Waals surface area contributed by atoms with E-state index in [-0.39, 0.29) is 42.8 Å². The van der Waals surface area contributed by atoms with Gasteiger partial charge in [0.05, 0.1) is 37.6 Å². The third-order valence-corrected chi connectivity index (χ3v) is 8.27. The van der Waals surface area contributed by atoms with E-state index in [0.29, 0.717) is 33.8 Å². The van der Waals surface area contributed by atoms with Gasteiger partial charge in [-0.15, -0.1) is 0 Å². The lowest BCUT2D eigenvalue weighted by Crippen LogP contribution is -2.39. The lowest BCUT2D eigenvalue weighted by Gasteiger charge is -2.22. The number of carbonyl (C=O) groups is 5. The molecule has 3 amide bonds. The average molecular weight is 789 g/mol. The van der Waals surface area contributed by atoms with Gasteiger partial charge in [0.2, 0.25) is 0 Å². The normalized spacial score (nSPS) is 10.7. The average Bonchev–Trinajstić information content (AvgIpc) is 3.27. The number of aromatic nitrogens is 4. The fourth-order valence-corrected chi connectivity index (χ4v) is 5.25. The maximum absolute atomic E-state index is 13.0. The lowest BCUT2D eigenvalue weighted by atomic mass is 10.1. The number of hydrogen-bond acceptors (Lipinski definition) is 10. The van der Waals surface area contributed by atoms with Gasteiger partial charge < -0.3 is 20.9 Å². The Morgan fingerprint density at radius 1 is 0.552 bits per heavy atom. The molecule has 58 heavy (non-hydrogen) atoms. The molecule has 0 unspecified atom stereocenters. The number of Topliss-reactive ketones (excluding diaryl/α,β-unsaturated/α-hetero) is 2. The number of alkyl halides is 3. The highest BCUT2D eigenvalue weighted by Gasteiger charge is 2.38. The van der Waals surface area contributed by atoms with Gasteiger partial charge in [-0.25, -0.2) is 0 Å². The van der Waals surface area contributed by atoms with Gasteiger partial charge in [-0.05, 0) is 72.8 Å². The van der Waals surface area contributed by atoms with Crippen LogP contribution < -0.4 is 20.9 Å². The first-order valence-electron chi connectivity index (χ1n) is 17.5. The minimum Gasteiger partial charge on any atom is -0.341 e. The highest BCUT2D eigenvalue weighted by Crippen LogP contribution is 2.21. The zero-order valence-corrected chi connectivity index (χ0v) is 30.6. The van der Waals surface area contributed by atoms with E-state index in [9.17, 15) is 37.1 Å². The minimum absolute atomic E-state index is 0.0305. The summed E-state index contributed by atoms with van der Waals surface area (Å²) >= 11 is 0. The van der Waals surface area contributed by atoms with Crippen molar-refractivity contribution in [1.29, 1.82) is 0 Å². The Bertz CT molecular complexity index is 2300. The summed E-state index contributed by atoms with van der Waals surface area (Å²) in [7, 11) is 0. The van der Waals surface area contributed by atoms with E-state index in [1.807, 2.05) is 36.4 Å². The van der Waals surface area contributed by atoms with Crippen molar-refractivity contribution in [1.82, 2.24) is 25.3 Å². The Balaban J connectivity index is 0.000000226. The van der Waals surface area contributed by atoms with Crippen LogP contribution in [-0.2, 0) is 17.9 Å². The topological polar surface area (TPSA) is 181 Å². The molecule has 0 radical (unpaired) electrons. The summed E-state index contributed by atoms with van der Waals surface area (Å²) in [5, 5.41) is 1.52. The van der Waals surface area contributed by atoms with Gasteiger partial charge in [0, 0.05) is 70.8 Å². The van der Waals surface area contributed by atoms with Crippen molar-refractivity contribution in [3.05, 3.63) is 180 Å². The van der Waals surface area contributed by atoms with Crippen LogP contribution in [0, 0.1) is 0 Å². The van der Waals surface area contributed by atoms with E-state index in [1.165, 1.54) is 47.1 Å². The minimum atomic E-state index is -5.06. The molecule has 0 bridgehead atoms. The smallest absolute Gasteiger partial charge is 0.341 e. The van der Waals surface area contributed by atoms with Crippen LogP contribution in [0.25, 0.3) is 0 Å². The van der Waals surface area contributed by atoms with Gasteiger partial charge >= 0.3 is 12.1 Å². The quantitative estimate of drug-likeness (QED) is 0.139. The number of anilines is 2. The SMILES string of the molecule is NCC(=O)c1ccc(CN(C(=O)c2ccncc2)c2ccccc2)nc1.O=C(CNC(=O)C(F)(F)F)c1ccc(CN(C(=O)c2ccncc2)c2ccccc2)nc1. The summed E-state index contributed by atoms with van der Waals surface area (Å²) in [6.07, 6.45) is 3.80. The molecule has 6 rings (SSSR count). The van der Waals surface area contributed by atoms with Gasteiger partial charge in [0.25, 0.3) is 11.8 Å². The molecular formula is C42H35F3N8O5. The number of benzene rings is 2. The number of nitrogens with zero attached hydrogens (tertiary/aromatic N) is 6. The van der Waals surface area contributed by atoms with Crippen LogP contribution in [0.3, 0.4) is 0 Å². The summed E-state index contributed by atoms with van der Waals surface area (Å²) < 4.78 is 36.7. The van der Waals surface area contributed by atoms with E-state index < -0.39 is 24.4 Å². The lowest BCUT2D eigenvalue weighted by molar-refractivity contribution is -0.173. The summed E-state index contributed by atoms with van der Waals surface area (Å²) in [4.78, 5) is 80.0. The van der Waals surface area contributed by atoms with Crippen LogP contribution in [0.2, 0.25) is 0 Å². The van der Waals surface area contributed by atoms with E-state index in [1.54, 1.807) is 78.0 Å². The number of hydrogen-bond donors (Lipinski definition) is 2. The van der Waals surface area contributed by atoms with Crippen molar-refractivity contribution in [3.63, 3.8) is 0 Å². The van der Waals surface area contributed by atoms with Gasteiger partial charge in [0.15, 0.2) is 11.6 Å². The van der Waals surface area contributed by atoms with Gasteiger partial charge in [-0.1, -0.05) is 36.4 Å². The van der Waals surface area contributed by atoms with Crippen molar-refractivity contribution in [2.24, 2.45) is 5.73 Å². The van der Waals surface area contributed by atoms with Gasteiger partial charge in [-0.2, -0.15) is 13.2 Å². The van der Waals surface area contributed by atoms with Crippen LogP contribution in [0.1, 0.15) is 52.8 Å². The highest BCUT2D eigenvalue weighted by atomic mass is 19.4. The predicted molar refractivity (Wildman–Crippen MR) is 208 cm³/mol. The standard InChI is InChI=1S/C22H17F3N4O3.C20H18N4O2/c23-22(24,25)21(32)28-13-19(30)16-6-7-17(27-12-16)14-29(18-4-2-1-3-5-18)20(31)15-8-10-26-11-9-15;21-12-19(25)16-6-7-17(23-13-16)14-24(18-4-2-1-3-5-18)20(26)15-8-10-22-11-9-15/h1-12H,13-14H2,(H,28,32);1-11,13H,12,14,21H2. The second-order valence-corrected chi connectivity index (χ2v) is 12.2. The molecule has 0 saturated heterocycles. The van der Waals surface area contributed by atoms with E-state index >= 15 is 0 Å². The van der Waals surface area contributed by atoms with Crippen molar-refractivity contribution in [2.45, 2.75) is 19.3 Å². The molecule has 0 aliphatic carbocycles. The summed E-state index contributed by atoms with van der Waals surface area (Å²) in [5.41, 5.74) is 9.34. The molecule has 0 spiro atoms. The first-order chi connectivity index (χ1) is 27.9. The highest BCUT2D eigenvalue weighted by molar-refractivity contribution is 6.06. The van der Waals surface area contributed by atoms with Gasteiger partial charge in [-0.3, -0.25) is 43.9 Å². The van der Waals surface area contributed by atoms with Crippen LogP contribution >= 0.6 is 0 Å². The molecule has 16 heteroatoms. The molecule has 0 saturated carbocycles. The number of carbonyl (C=O) groups excluding carboxylic acids is 5. The molecule has 2 aromatic carbocycles. The molecule has 0 aliphatic rings. The number of nitrogens with one attached hydrogen (secondary N) is 1. The molecule has 0 atom stereocenters. The van der Waals surface area contributed by atoms with Crippen LogP contribution in [0.15, 0.2) is 146 Å². The number of ketones is 2. The molecule has 294 valence electrons. The predicted octanol–water partition coefficient (Wildman–Crippen LogP) is 5.65. The number of pyridine rings is 4. The number of nitrogens with two attached hydrogens (primary N) is 1. The largest absolute Gasteiger partial charge is 0.471 e. The van der Waals surface area contributed by atoms with Crippen molar-refractivity contribution in [3.8, 4) is 0 Å². The summed E-state index contributed by atoms with van der Waals surface area (Å²) in [5.74, 6) is -3.52. The summed E-state index contributed by atoms with van der Waals surface area (Å²) in [6, 6.07) is 31.1. The first kappa shape index (κ1) is 41.7. The number of rotatable bonds is 13.